The molecular formula is C23H24N2O5. The number of rotatable bonds is 8. The molecule has 0 aliphatic rings. The minimum absolute atomic E-state index is 0.238. The maximum atomic E-state index is 12.2. The van der Waals surface area contributed by atoms with Crippen LogP contribution < -0.4 is 15.8 Å². The molecule has 0 bridgehead atoms. The van der Waals surface area contributed by atoms with E-state index in [2.05, 4.69) is 16.3 Å². The second-order valence-corrected chi connectivity index (χ2v) is 6.83. The van der Waals surface area contributed by atoms with Gasteiger partial charge in [-0.25, -0.2) is 9.59 Å². The van der Waals surface area contributed by atoms with Crippen molar-refractivity contribution in [1.82, 2.24) is 5.32 Å². The van der Waals surface area contributed by atoms with Crippen molar-refractivity contribution in [1.29, 1.82) is 0 Å². The van der Waals surface area contributed by atoms with Gasteiger partial charge in [-0.3, -0.25) is 4.79 Å². The summed E-state index contributed by atoms with van der Waals surface area (Å²) in [6.07, 6.45) is 0. The number of nitrogens with zero attached hydrogens (tertiary/aromatic N) is 1. The van der Waals surface area contributed by atoms with E-state index < -0.39 is 24.1 Å². The van der Waals surface area contributed by atoms with Crippen molar-refractivity contribution in [2.24, 2.45) is 0 Å². The molecule has 1 heterocycles. The van der Waals surface area contributed by atoms with Crippen molar-refractivity contribution in [3.05, 3.63) is 76.1 Å². The Morgan fingerprint density at radius 3 is 2.67 bits per heavy atom. The van der Waals surface area contributed by atoms with Crippen molar-refractivity contribution in [3.8, 4) is 0 Å². The normalized spacial score (nSPS) is 10.6. The number of anilines is 1. The molecule has 0 saturated heterocycles. The highest BCUT2D eigenvalue weighted by molar-refractivity contribution is 5.94. The molecule has 0 unspecified atom stereocenters. The molecule has 3 rings (SSSR count). The van der Waals surface area contributed by atoms with Crippen LogP contribution in [-0.4, -0.2) is 38.1 Å². The van der Waals surface area contributed by atoms with Crippen molar-refractivity contribution in [2.45, 2.75) is 13.8 Å². The fourth-order valence-electron chi connectivity index (χ4n) is 3.09. The number of hydrogen-bond donors (Lipinski definition) is 1. The number of nitrogens with one attached hydrogen (secondary N) is 1. The van der Waals surface area contributed by atoms with Crippen LogP contribution in [0.5, 0.6) is 0 Å². The molecule has 2 aromatic carbocycles. The molecule has 0 radical (unpaired) electrons. The number of carbonyl (C=O) groups is 2. The number of ether oxygens (including phenoxy) is 1. The summed E-state index contributed by atoms with van der Waals surface area (Å²) in [7, 11) is 0. The van der Waals surface area contributed by atoms with Crippen LogP contribution in [0.3, 0.4) is 0 Å². The molecule has 1 amide bonds. The number of likely N-dealkylation sites (N-methyl/N-ethyl adjacent to an activating group) is 1. The van der Waals surface area contributed by atoms with Gasteiger partial charge in [0, 0.05) is 30.7 Å². The summed E-state index contributed by atoms with van der Waals surface area (Å²) in [6.45, 7) is 5.42. The van der Waals surface area contributed by atoms with Crippen LogP contribution in [0.15, 0.2) is 63.8 Å². The van der Waals surface area contributed by atoms with Gasteiger partial charge in [0.2, 0.25) is 0 Å². The van der Waals surface area contributed by atoms with Crippen molar-refractivity contribution >= 4 is 28.5 Å². The third-order valence-corrected chi connectivity index (χ3v) is 4.65. The van der Waals surface area contributed by atoms with Crippen LogP contribution in [0, 0.1) is 6.92 Å². The van der Waals surface area contributed by atoms with E-state index in [9.17, 15) is 14.4 Å². The molecule has 156 valence electrons. The molecule has 0 aliphatic heterocycles. The van der Waals surface area contributed by atoms with Gasteiger partial charge in [-0.15, -0.1) is 0 Å². The number of amides is 1. The first-order chi connectivity index (χ1) is 14.5. The molecule has 7 nitrogen and oxygen atoms in total. The Labute approximate surface area is 174 Å². The highest BCUT2D eigenvalue weighted by Gasteiger charge is 2.16. The van der Waals surface area contributed by atoms with E-state index in [1.54, 1.807) is 24.3 Å². The minimum atomic E-state index is -0.889. The Hall–Kier alpha value is -3.61. The topological polar surface area (TPSA) is 88.8 Å². The van der Waals surface area contributed by atoms with Crippen molar-refractivity contribution in [3.63, 3.8) is 0 Å². The molecule has 0 atom stereocenters. The third-order valence-electron chi connectivity index (χ3n) is 4.65. The zero-order valence-electron chi connectivity index (χ0n) is 17.0. The molecular weight excluding hydrogens is 384 g/mol. The van der Waals surface area contributed by atoms with Crippen molar-refractivity contribution < 1.29 is 18.7 Å². The molecule has 1 aromatic heterocycles. The maximum Gasteiger partial charge on any atom is 0.351 e. The number of para-hydroxylation sites is 1. The van der Waals surface area contributed by atoms with E-state index in [0.29, 0.717) is 24.1 Å². The van der Waals surface area contributed by atoms with Gasteiger partial charge in [-0.05, 0) is 43.7 Å². The number of benzene rings is 2. The Kier molecular flexibility index (Phi) is 6.85. The predicted molar refractivity (Wildman–Crippen MR) is 115 cm³/mol. The summed E-state index contributed by atoms with van der Waals surface area (Å²) < 4.78 is 10.1. The second-order valence-electron chi connectivity index (χ2n) is 6.83. The van der Waals surface area contributed by atoms with Gasteiger partial charge in [0.05, 0.1) is 0 Å². The number of hydrogen-bond acceptors (Lipinski definition) is 6. The summed E-state index contributed by atoms with van der Waals surface area (Å²) in [4.78, 5) is 38.3. The quantitative estimate of drug-likeness (QED) is 0.455. The van der Waals surface area contributed by atoms with E-state index in [1.165, 1.54) is 11.6 Å². The van der Waals surface area contributed by atoms with Gasteiger partial charge >= 0.3 is 11.6 Å². The Morgan fingerprint density at radius 1 is 1.10 bits per heavy atom. The van der Waals surface area contributed by atoms with Crippen LogP contribution in [-0.2, 0) is 9.53 Å². The van der Waals surface area contributed by atoms with Gasteiger partial charge in [0.25, 0.3) is 5.91 Å². The fraction of sp³-hybridized carbons (Fsp3) is 0.261. The monoisotopic (exact) mass is 408 g/mol. The first kappa shape index (κ1) is 21.1. The van der Waals surface area contributed by atoms with Gasteiger partial charge in [0.15, 0.2) is 6.61 Å². The molecule has 0 fully saturated rings. The van der Waals surface area contributed by atoms with Crippen LogP contribution in [0.2, 0.25) is 0 Å². The van der Waals surface area contributed by atoms with Crippen LogP contribution in [0.1, 0.15) is 22.8 Å². The molecule has 0 spiro atoms. The lowest BCUT2D eigenvalue weighted by molar-refractivity contribution is -0.124. The van der Waals surface area contributed by atoms with Gasteiger partial charge in [0.1, 0.15) is 11.1 Å². The van der Waals surface area contributed by atoms with E-state index in [-0.39, 0.29) is 5.56 Å². The number of aryl methyl sites for hydroxylation is 1. The van der Waals surface area contributed by atoms with Gasteiger partial charge in [-0.2, -0.15) is 0 Å². The largest absolute Gasteiger partial charge is 0.452 e. The first-order valence-corrected chi connectivity index (χ1v) is 9.76. The van der Waals surface area contributed by atoms with E-state index >= 15 is 0 Å². The summed E-state index contributed by atoms with van der Waals surface area (Å²) in [5, 5.41) is 3.32. The number of esters is 1. The predicted octanol–water partition coefficient (Wildman–Crippen LogP) is 2.90. The second kappa shape index (κ2) is 9.73. The van der Waals surface area contributed by atoms with Crippen LogP contribution in [0.25, 0.3) is 11.0 Å². The standard InChI is InChI=1S/C23H24N2O5/c1-3-25(18-9-6-7-16(2)13-18)12-11-24-21(26)15-29-22(27)19-14-17-8-4-5-10-20(17)30-23(19)28/h4-10,13-14H,3,11-12,15H2,1-2H3,(H,24,26). The SMILES string of the molecule is CCN(CCNC(=O)COC(=O)c1cc2ccccc2oc1=O)c1cccc(C)c1. The summed E-state index contributed by atoms with van der Waals surface area (Å²) >= 11 is 0. The lowest BCUT2D eigenvalue weighted by Crippen LogP contribution is -2.37. The zero-order chi connectivity index (χ0) is 21.5. The van der Waals surface area contributed by atoms with E-state index in [4.69, 9.17) is 9.15 Å². The van der Waals surface area contributed by atoms with E-state index in [0.717, 1.165) is 12.2 Å². The Bertz CT molecular complexity index is 1110. The average Bonchev–Trinajstić information content (AvgIpc) is 2.74. The van der Waals surface area contributed by atoms with Crippen LogP contribution >= 0.6 is 0 Å². The Morgan fingerprint density at radius 2 is 1.90 bits per heavy atom. The van der Waals surface area contributed by atoms with Crippen LogP contribution in [0.4, 0.5) is 5.69 Å². The molecule has 0 saturated carbocycles. The van der Waals surface area contributed by atoms with Gasteiger partial charge < -0.3 is 19.4 Å². The van der Waals surface area contributed by atoms with E-state index in [1.807, 2.05) is 32.0 Å². The molecule has 1 N–H and O–H groups in total. The fourth-order valence-corrected chi connectivity index (χ4v) is 3.09. The lowest BCUT2D eigenvalue weighted by Gasteiger charge is -2.23. The highest BCUT2D eigenvalue weighted by atomic mass is 16.5. The van der Waals surface area contributed by atoms with Gasteiger partial charge in [-0.1, -0.05) is 30.3 Å². The number of fused-ring (bicyclic) bond motifs is 1. The highest BCUT2D eigenvalue weighted by Crippen LogP contribution is 2.15. The summed E-state index contributed by atoms with van der Waals surface area (Å²) in [5.41, 5.74) is 1.60. The maximum absolute atomic E-state index is 12.2. The molecule has 7 heteroatoms. The zero-order valence-corrected chi connectivity index (χ0v) is 17.0. The molecule has 30 heavy (non-hydrogen) atoms. The van der Waals surface area contributed by atoms with Crippen molar-refractivity contribution in [2.75, 3.05) is 31.1 Å². The lowest BCUT2D eigenvalue weighted by atomic mass is 10.2. The smallest absolute Gasteiger partial charge is 0.351 e. The molecule has 3 aromatic rings. The summed E-state index contributed by atoms with van der Waals surface area (Å²) in [5.74, 6) is -1.33. The summed E-state index contributed by atoms with van der Waals surface area (Å²) in [6, 6.07) is 16.4. The third kappa shape index (κ3) is 5.26. The first-order valence-electron chi connectivity index (χ1n) is 9.76. The minimum Gasteiger partial charge on any atom is -0.452 e. The average molecular weight is 408 g/mol. The molecule has 0 aliphatic carbocycles. The number of carbonyl (C=O) groups excluding carboxylic acids is 2. The Balaban J connectivity index is 1.50.